The molecule has 0 radical (unpaired) electrons. The van der Waals surface area contributed by atoms with Gasteiger partial charge in [-0.05, 0) is 188 Å². The van der Waals surface area contributed by atoms with E-state index in [1.54, 1.807) is 181 Å². The van der Waals surface area contributed by atoms with Gasteiger partial charge < -0.3 is 47.4 Å². The van der Waals surface area contributed by atoms with Gasteiger partial charge in [0.2, 0.25) is 0 Å². The average Bonchev–Trinajstić information content (AvgIpc) is 0.961. The summed E-state index contributed by atoms with van der Waals surface area (Å²) in [5.74, 6) is 6.28. The second-order valence-corrected chi connectivity index (χ2v) is 22.3. The minimum atomic E-state index is -0.135. The van der Waals surface area contributed by atoms with Crippen LogP contribution in [0.2, 0.25) is 0 Å². The highest BCUT2D eigenvalue weighted by molar-refractivity contribution is 6.00. The first-order chi connectivity index (χ1) is 49.0. The number of methoxy groups -OCH3 is 5. The molecule has 0 bridgehead atoms. The lowest BCUT2D eigenvalue weighted by atomic mass is 10.1. The second kappa shape index (κ2) is 42.8. The maximum Gasteiger partial charge on any atom is 0.200 e. The van der Waals surface area contributed by atoms with E-state index in [2.05, 4.69) is 27.7 Å². The van der Waals surface area contributed by atoms with E-state index in [-0.39, 0.29) is 67.7 Å². The molecule has 0 aliphatic heterocycles. The normalized spacial score (nSPS) is 10.1. The summed E-state index contributed by atoms with van der Waals surface area (Å²) >= 11 is 0. The smallest absolute Gasteiger partial charge is 0.200 e. The van der Waals surface area contributed by atoms with Crippen molar-refractivity contribution in [3.05, 3.63) is 298 Å². The third-order valence-electron chi connectivity index (χ3n) is 15.4. The summed E-state index contributed by atoms with van der Waals surface area (Å²) in [7, 11) is 7.87. The molecule has 16 heteroatoms. The molecule has 101 heavy (non-hydrogen) atoms. The lowest BCUT2D eigenvalue weighted by Gasteiger charge is -2.07. The zero-order valence-corrected chi connectivity index (χ0v) is 59.0. The van der Waals surface area contributed by atoms with Crippen molar-refractivity contribution in [1.29, 1.82) is 0 Å². The average molecular weight is 1370 g/mol. The van der Waals surface area contributed by atoms with E-state index in [1.807, 2.05) is 97.1 Å². The number of hydrogen-bond donors (Lipinski definition) is 0. The van der Waals surface area contributed by atoms with Crippen LogP contribution in [0, 0.1) is 0 Å². The van der Waals surface area contributed by atoms with Crippen LogP contribution in [0.25, 0.3) is 0 Å². The van der Waals surface area contributed by atoms with Crippen molar-refractivity contribution in [2.24, 2.45) is 0 Å². The number of ketones is 6. The van der Waals surface area contributed by atoms with Crippen molar-refractivity contribution in [2.45, 2.75) is 60.3 Å². The second-order valence-electron chi connectivity index (χ2n) is 22.3. The fourth-order valence-corrected chi connectivity index (χ4v) is 9.22. The van der Waals surface area contributed by atoms with Crippen molar-refractivity contribution in [2.75, 3.05) is 68.6 Å². The van der Waals surface area contributed by atoms with Crippen LogP contribution in [0.3, 0.4) is 0 Å². The molecule has 10 aromatic rings. The number of benzene rings is 10. The minimum Gasteiger partial charge on any atom is -0.497 e. The van der Waals surface area contributed by atoms with Crippen LogP contribution in [0.15, 0.2) is 243 Å². The van der Waals surface area contributed by atoms with Crippen LogP contribution in [-0.4, -0.2) is 103 Å². The van der Waals surface area contributed by atoms with Gasteiger partial charge in [-0.15, -0.1) is 0 Å². The highest BCUT2D eigenvalue weighted by Crippen LogP contribution is 2.22. The molecule has 0 unspecified atom stereocenters. The van der Waals surface area contributed by atoms with Crippen LogP contribution in [-0.2, 0) is 25.7 Å². The molecule has 0 N–H and O–H groups in total. The minimum absolute atomic E-state index is 0.00555. The highest BCUT2D eigenvalue weighted by Gasteiger charge is 2.14. The number of aryl methyl sites for hydroxylation is 4. The maximum atomic E-state index is 12.0. The lowest BCUT2D eigenvalue weighted by molar-refractivity contribution is 0.0914. The first-order valence-electron chi connectivity index (χ1n) is 33.0. The van der Waals surface area contributed by atoms with E-state index in [4.69, 9.17) is 47.4 Å². The summed E-state index contributed by atoms with van der Waals surface area (Å²) in [6, 6.07) is 73.0. The molecular formula is C85H88O16. The third kappa shape index (κ3) is 27.2. The fourth-order valence-electron chi connectivity index (χ4n) is 9.22. The van der Waals surface area contributed by atoms with Crippen molar-refractivity contribution >= 4 is 34.7 Å². The molecule has 0 amide bonds. The molecule has 0 aliphatic rings. The predicted molar refractivity (Wildman–Crippen MR) is 394 cm³/mol. The van der Waals surface area contributed by atoms with E-state index in [9.17, 15) is 28.8 Å². The SMILES string of the molecule is CCc1ccc(OCC(=O)c2cccc(OC)c2)cc1.CCc1ccc(OCC(=O)c2cccc(OC)c2)cc1.CCc1ccc(OCC(=O)c2cccc(OC)c2)cc1.CCc1ccc(OCC(=O)c2cccc(OC)c2)cc1.COc1cccc(C(=O)COc2ccc(C(C)=O)cc2)c1. The van der Waals surface area contributed by atoms with Gasteiger partial charge in [0, 0.05) is 33.4 Å². The van der Waals surface area contributed by atoms with Gasteiger partial charge in [0.1, 0.15) is 57.5 Å². The third-order valence-corrected chi connectivity index (χ3v) is 15.4. The molecule has 16 nitrogen and oxygen atoms in total. The van der Waals surface area contributed by atoms with Gasteiger partial charge in [-0.3, -0.25) is 28.8 Å². The highest BCUT2D eigenvalue weighted by atomic mass is 16.5. The lowest BCUT2D eigenvalue weighted by Crippen LogP contribution is -2.11. The Morgan fingerprint density at radius 1 is 0.228 bits per heavy atom. The summed E-state index contributed by atoms with van der Waals surface area (Å²) in [5, 5.41) is 0. The van der Waals surface area contributed by atoms with Crippen molar-refractivity contribution in [3.63, 3.8) is 0 Å². The Kier molecular flexibility index (Phi) is 33.1. The van der Waals surface area contributed by atoms with Gasteiger partial charge in [-0.2, -0.15) is 0 Å². The van der Waals surface area contributed by atoms with E-state index in [0.717, 1.165) is 25.7 Å². The number of hydrogen-bond acceptors (Lipinski definition) is 16. The van der Waals surface area contributed by atoms with E-state index < -0.39 is 0 Å². The molecule has 0 spiro atoms. The number of carbonyl (C=O) groups excluding carboxylic acids is 6. The van der Waals surface area contributed by atoms with Crippen molar-refractivity contribution < 1.29 is 76.1 Å². The Morgan fingerprint density at radius 3 is 0.564 bits per heavy atom. The molecule has 0 saturated heterocycles. The van der Waals surface area contributed by atoms with Gasteiger partial charge in [0.05, 0.1) is 35.5 Å². The fraction of sp³-hybridized carbons (Fsp3) is 0.224. The van der Waals surface area contributed by atoms with E-state index in [1.165, 1.54) is 29.2 Å². The Morgan fingerprint density at radius 2 is 0.406 bits per heavy atom. The van der Waals surface area contributed by atoms with Crippen LogP contribution in [0.1, 0.15) is 119 Å². The molecule has 0 aliphatic carbocycles. The topological polar surface area (TPSA) is 195 Å². The molecule has 0 aromatic heterocycles. The van der Waals surface area contributed by atoms with Crippen LogP contribution < -0.4 is 47.4 Å². The molecule has 10 aromatic carbocycles. The van der Waals surface area contributed by atoms with Gasteiger partial charge in [0.15, 0.2) is 67.7 Å². The largest absolute Gasteiger partial charge is 0.497 e. The maximum absolute atomic E-state index is 12.0. The molecule has 0 saturated carbocycles. The van der Waals surface area contributed by atoms with Gasteiger partial charge in [-0.1, -0.05) is 137 Å². The van der Waals surface area contributed by atoms with Crippen molar-refractivity contribution in [3.8, 4) is 57.5 Å². The molecule has 0 heterocycles. The monoisotopic (exact) mass is 1360 g/mol. The Balaban J connectivity index is 0.000000199. The van der Waals surface area contributed by atoms with Crippen LogP contribution >= 0.6 is 0 Å². The summed E-state index contributed by atoms with van der Waals surface area (Å²) in [5.41, 5.74) is 8.50. The Hall–Kier alpha value is -11.8. The summed E-state index contributed by atoms with van der Waals surface area (Å²) in [6.07, 6.45) is 3.96. The first-order valence-corrected chi connectivity index (χ1v) is 33.0. The number of rotatable bonds is 30. The zero-order valence-electron chi connectivity index (χ0n) is 59.0. The Bertz CT molecular complexity index is 3770. The van der Waals surface area contributed by atoms with Gasteiger partial charge >= 0.3 is 0 Å². The van der Waals surface area contributed by atoms with Gasteiger partial charge in [0.25, 0.3) is 0 Å². The van der Waals surface area contributed by atoms with Crippen LogP contribution in [0.5, 0.6) is 57.5 Å². The number of Topliss-reactive ketones (excluding diaryl/α,β-unsaturated/α-hetero) is 6. The van der Waals surface area contributed by atoms with Gasteiger partial charge in [-0.25, -0.2) is 0 Å². The quantitative estimate of drug-likeness (QED) is 0.0385. The number of ether oxygens (including phenoxy) is 10. The summed E-state index contributed by atoms with van der Waals surface area (Å²) in [6.45, 7) is 9.94. The summed E-state index contributed by atoms with van der Waals surface area (Å²) in [4.78, 5) is 71.3. The zero-order chi connectivity index (χ0) is 72.7. The van der Waals surface area contributed by atoms with E-state index in [0.29, 0.717) is 90.9 Å². The molecule has 10 rings (SSSR count). The molecular weight excluding hydrogens is 1280 g/mol. The van der Waals surface area contributed by atoms with E-state index >= 15 is 0 Å². The molecule has 0 atom stereocenters. The first kappa shape index (κ1) is 78.2. The summed E-state index contributed by atoms with van der Waals surface area (Å²) < 4.78 is 52.9. The van der Waals surface area contributed by atoms with Crippen molar-refractivity contribution in [1.82, 2.24) is 0 Å². The standard InChI is InChI=1S/C17H16O4.4C17H18O3/c1-12(18)13-6-8-15(9-7-13)21-11-17(19)14-4-3-5-16(10-14)20-2;4*1-3-13-7-9-15(10-8-13)20-12-17(18)14-5-4-6-16(11-14)19-2/h3-10H,11H2,1-2H3;4*4-11H,3,12H2,1-2H3. The molecule has 524 valence electrons. The predicted octanol–water partition coefficient (Wildman–Crippen LogP) is 17.2. The molecule has 0 fully saturated rings. The number of carbonyl (C=O) groups is 6. The van der Waals surface area contributed by atoms with Crippen LogP contribution in [0.4, 0.5) is 0 Å². The Labute approximate surface area is 592 Å².